The molecule has 0 aliphatic heterocycles. The van der Waals surface area contributed by atoms with Crippen LogP contribution in [0.1, 0.15) is 213 Å². The Labute approximate surface area is 399 Å². The van der Waals surface area contributed by atoms with Crippen LogP contribution in [-0.2, 0) is 28.6 Å². The van der Waals surface area contributed by atoms with Gasteiger partial charge in [0.05, 0.1) is 0 Å². The van der Waals surface area contributed by atoms with Crippen molar-refractivity contribution in [3.8, 4) is 0 Å². The Hall–Kier alpha value is -4.19. The van der Waals surface area contributed by atoms with E-state index < -0.39 is 6.10 Å². The zero-order chi connectivity index (χ0) is 47.2. The van der Waals surface area contributed by atoms with Crippen molar-refractivity contribution in [1.29, 1.82) is 0 Å². The molecule has 65 heavy (non-hydrogen) atoms. The summed E-state index contributed by atoms with van der Waals surface area (Å²) in [5, 5.41) is 0. The maximum atomic E-state index is 12.8. The van der Waals surface area contributed by atoms with Gasteiger partial charge in [0, 0.05) is 19.3 Å². The molecule has 0 aliphatic rings. The van der Waals surface area contributed by atoms with Gasteiger partial charge >= 0.3 is 17.9 Å². The highest BCUT2D eigenvalue weighted by Gasteiger charge is 2.19. The summed E-state index contributed by atoms with van der Waals surface area (Å²) in [6, 6.07) is 0. The average molecular weight is 899 g/mol. The Kier molecular flexibility index (Phi) is 49.1. The van der Waals surface area contributed by atoms with Gasteiger partial charge in [0.15, 0.2) is 6.10 Å². The SMILES string of the molecule is CC/C=C\C/C=C\C/C=C\C/C=C\C/C=C\CCCC(=O)OC(COC(=O)CCCCCCC/C=C\CCCC)COC(=O)CCCCCCCC/C=C\C/C=C\C/C=C\C/C=C\CC. The lowest BCUT2D eigenvalue weighted by Crippen LogP contribution is -2.30. The molecule has 6 nitrogen and oxygen atoms in total. The molecule has 1 unspecified atom stereocenters. The molecule has 0 aromatic carbocycles. The molecule has 0 saturated carbocycles. The van der Waals surface area contributed by atoms with Crippen LogP contribution in [0.5, 0.6) is 0 Å². The van der Waals surface area contributed by atoms with E-state index in [1.807, 2.05) is 0 Å². The van der Waals surface area contributed by atoms with Crippen LogP contribution in [-0.4, -0.2) is 37.2 Å². The lowest BCUT2D eigenvalue weighted by atomic mass is 10.1. The molecule has 0 spiro atoms. The van der Waals surface area contributed by atoms with Crippen LogP contribution < -0.4 is 0 Å². The van der Waals surface area contributed by atoms with Crippen LogP contribution in [0.15, 0.2) is 122 Å². The molecule has 0 fully saturated rings. The molecular formula is C59H94O6. The van der Waals surface area contributed by atoms with Gasteiger partial charge in [-0.05, 0) is 116 Å². The topological polar surface area (TPSA) is 78.9 Å². The van der Waals surface area contributed by atoms with E-state index in [2.05, 4.69) is 142 Å². The van der Waals surface area contributed by atoms with Crippen LogP contribution >= 0.6 is 0 Å². The van der Waals surface area contributed by atoms with Crippen molar-refractivity contribution in [2.45, 2.75) is 219 Å². The first kappa shape index (κ1) is 60.8. The number of unbranched alkanes of at least 4 members (excludes halogenated alkanes) is 14. The van der Waals surface area contributed by atoms with Gasteiger partial charge in [0.1, 0.15) is 13.2 Å². The van der Waals surface area contributed by atoms with E-state index in [0.29, 0.717) is 19.3 Å². The first-order chi connectivity index (χ1) is 32.0. The smallest absolute Gasteiger partial charge is 0.306 e. The molecule has 0 saturated heterocycles. The third-order valence-electron chi connectivity index (χ3n) is 10.4. The van der Waals surface area contributed by atoms with Crippen LogP contribution in [0.25, 0.3) is 0 Å². The standard InChI is InChI=1S/C59H94O6/c1-4-7-10-13-16-19-22-24-26-28-29-31-32-34-37-40-43-46-49-52-58(61)64-55-56(54-63-57(60)51-48-45-42-39-36-21-18-15-12-9-6-3)65-59(62)53-50-47-44-41-38-35-33-30-27-25-23-20-17-14-11-8-5-2/h7-8,10-11,15-20,24-27,29,31,33,35,41,44,56H,4-6,9,12-14,21-23,28,30,32,34,36-40,42-43,45-55H2,1-3H3/b10-7-,11-8-,18-15-,19-16-,20-17-,26-24-,27-25-,31-29-,35-33-,44-41-. The zero-order valence-electron chi connectivity index (χ0n) is 41.7. The molecule has 0 bridgehead atoms. The minimum absolute atomic E-state index is 0.113. The fraction of sp³-hybridized carbons (Fsp3) is 0.610. The van der Waals surface area contributed by atoms with Crippen molar-refractivity contribution in [3.05, 3.63) is 122 Å². The molecular weight excluding hydrogens is 805 g/mol. The highest BCUT2D eigenvalue weighted by Crippen LogP contribution is 2.12. The van der Waals surface area contributed by atoms with Crippen LogP contribution in [0, 0.1) is 0 Å². The van der Waals surface area contributed by atoms with Crippen molar-refractivity contribution < 1.29 is 28.6 Å². The first-order valence-electron chi connectivity index (χ1n) is 26.0. The Bertz CT molecular complexity index is 1400. The minimum atomic E-state index is -0.820. The maximum Gasteiger partial charge on any atom is 0.306 e. The van der Waals surface area contributed by atoms with E-state index in [1.54, 1.807) is 0 Å². The summed E-state index contributed by atoms with van der Waals surface area (Å²) in [6.07, 6.45) is 71.9. The lowest BCUT2D eigenvalue weighted by Gasteiger charge is -2.18. The Morgan fingerprint density at radius 2 is 0.615 bits per heavy atom. The number of carbonyl (C=O) groups excluding carboxylic acids is 3. The Morgan fingerprint density at radius 1 is 0.323 bits per heavy atom. The normalized spacial score (nSPS) is 13.1. The molecule has 6 heteroatoms. The second kappa shape index (κ2) is 52.4. The average Bonchev–Trinajstić information content (AvgIpc) is 3.30. The van der Waals surface area contributed by atoms with E-state index in [4.69, 9.17) is 14.2 Å². The largest absolute Gasteiger partial charge is 0.462 e. The molecule has 0 heterocycles. The predicted molar refractivity (Wildman–Crippen MR) is 279 cm³/mol. The summed E-state index contributed by atoms with van der Waals surface area (Å²) >= 11 is 0. The molecule has 0 aliphatic carbocycles. The van der Waals surface area contributed by atoms with Crippen molar-refractivity contribution in [2.24, 2.45) is 0 Å². The summed E-state index contributed by atoms with van der Waals surface area (Å²) in [5.41, 5.74) is 0. The fourth-order valence-corrected chi connectivity index (χ4v) is 6.57. The van der Waals surface area contributed by atoms with E-state index >= 15 is 0 Å². The van der Waals surface area contributed by atoms with E-state index in [9.17, 15) is 14.4 Å². The van der Waals surface area contributed by atoms with Crippen molar-refractivity contribution >= 4 is 17.9 Å². The number of hydrogen-bond donors (Lipinski definition) is 0. The molecule has 0 radical (unpaired) electrons. The monoisotopic (exact) mass is 899 g/mol. The molecule has 0 rings (SSSR count). The lowest BCUT2D eigenvalue weighted by molar-refractivity contribution is -0.167. The second-order valence-corrected chi connectivity index (χ2v) is 16.7. The van der Waals surface area contributed by atoms with Gasteiger partial charge in [-0.25, -0.2) is 0 Å². The zero-order valence-corrected chi connectivity index (χ0v) is 41.7. The third-order valence-corrected chi connectivity index (χ3v) is 10.4. The Morgan fingerprint density at radius 3 is 1.00 bits per heavy atom. The van der Waals surface area contributed by atoms with Gasteiger partial charge in [-0.15, -0.1) is 0 Å². The van der Waals surface area contributed by atoms with Gasteiger partial charge in [0.25, 0.3) is 0 Å². The van der Waals surface area contributed by atoms with Gasteiger partial charge < -0.3 is 14.2 Å². The summed E-state index contributed by atoms with van der Waals surface area (Å²) in [6.45, 7) is 6.29. The quantitative estimate of drug-likeness (QED) is 0.0262. The van der Waals surface area contributed by atoms with Crippen molar-refractivity contribution in [3.63, 3.8) is 0 Å². The summed E-state index contributed by atoms with van der Waals surface area (Å²) in [5.74, 6) is -1.00. The van der Waals surface area contributed by atoms with Gasteiger partial charge in [-0.2, -0.15) is 0 Å². The van der Waals surface area contributed by atoms with E-state index in [1.165, 1.54) is 38.5 Å². The second-order valence-electron chi connectivity index (χ2n) is 16.7. The van der Waals surface area contributed by atoms with Crippen LogP contribution in [0.4, 0.5) is 0 Å². The van der Waals surface area contributed by atoms with E-state index in [0.717, 1.165) is 128 Å². The molecule has 0 N–H and O–H groups in total. The molecule has 0 aromatic heterocycles. The molecule has 366 valence electrons. The number of ether oxygens (including phenoxy) is 3. The first-order valence-corrected chi connectivity index (χ1v) is 26.0. The van der Waals surface area contributed by atoms with E-state index in [-0.39, 0.29) is 37.5 Å². The summed E-state index contributed by atoms with van der Waals surface area (Å²) in [4.78, 5) is 38.0. The summed E-state index contributed by atoms with van der Waals surface area (Å²) in [7, 11) is 0. The van der Waals surface area contributed by atoms with Gasteiger partial charge in [-0.1, -0.05) is 200 Å². The third kappa shape index (κ3) is 50.7. The van der Waals surface area contributed by atoms with Gasteiger partial charge in [0.2, 0.25) is 0 Å². The highest BCUT2D eigenvalue weighted by molar-refractivity contribution is 5.71. The number of carbonyl (C=O) groups is 3. The number of hydrogen-bond acceptors (Lipinski definition) is 6. The highest BCUT2D eigenvalue weighted by atomic mass is 16.6. The maximum absolute atomic E-state index is 12.8. The molecule has 1 atom stereocenters. The van der Waals surface area contributed by atoms with Crippen LogP contribution in [0.2, 0.25) is 0 Å². The summed E-state index contributed by atoms with van der Waals surface area (Å²) < 4.78 is 16.7. The fourth-order valence-electron chi connectivity index (χ4n) is 6.57. The van der Waals surface area contributed by atoms with Crippen molar-refractivity contribution in [1.82, 2.24) is 0 Å². The molecule has 0 aromatic rings. The minimum Gasteiger partial charge on any atom is -0.462 e. The van der Waals surface area contributed by atoms with Crippen LogP contribution in [0.3, 0.4) is 0 Å². The number of allylic oxidation sites excluding steroid dienone is 20. The molecule has 0 amide bonds. The van der Waals surface area contributed by atoms with Crippen molar-refractivity contribution in [2.75, 3.05) is 13.2 Å². The Balaban J connectivity index is 4.50. The predicted octanol–water partition coefficient (Wildman–Crippen LogP) is 17.3. The van der Waals surface area contributed by atoms with Gasteiger partial charge in [-0.3, -0.25) is 14.4 Å². The number of rotatable bonds is 45. The number of esters is 3.